The maximum absolute atomic E-state index is 12.2. The number of likely N-dealkylation sites (tertiary alicyclic amines) is 1. The highest BCUT2D eigenvalue weighted by Gasteiger charge is 2.23. The van der Waals surface area contributed by atoms with E-state index in [1.807, 2.05) is 26.0 Å². The maximum atomic E-state index is 12.2. The zero-order valence-electron chi connectivity index (χ0n) is 12.6. The number of nitrogens with two attached hydrogens (primary N) is 1. The van der Waals surface area contributed by atoms with Gasteiger partial charge in [0.05, 0.1) is 6.54 Å². The summed E-state index contributed by atoms with van der Waals surface area (Å²) in [6.07, 6.45) is 1.05. The van der Waals surface area contributed by atoms with Gasteiger partial charge in [-0.3, -0.25) is 9.69 Å². The van der Waals surface area contributed by atoms with E-state index in [1.54, 1.807) is 0 Å². The molecule has 1 amide bonds. The van der Waals surface area contributed by atoms with E-state index < -0.39 is 0 Å². The Balaban J connectivity index is 1.93. The summed E-state index contributed by atoms with van der Waals surface area (Å²) in [6.45, 7) is 8.41. The van der Waals surface area contributed by atoms with E-state index in [9.17, 15) is 4.79 Å². The van der Waals surface area contributed by atoms with Gasteiger partial charge in [0.25, 0.3) is 0 Å². The van der Waals surface area contributed by atoms with E-state index in [0.29, 0.717) is 12.5 Å². The van der Waals surface area contributed by atoms with Crippen molar-refractivity contribution in [3.8, 4) is 0 Å². The summed E-state index contributed by atoms with van der Waals surface area (Å²) in [6, 6.07) is 6.28. The maximum Gasteiger partial charge on any atom is 0.238 e. The highest BCUT2D eigenvalue weighted by Crippen LogP contribution is 2.17. The Morgan fingerprint density at radius 1 is 1.40 bits per heavy atom. The lowest BCUT2D eigenvalue weighted by molar-refractivity contribution is -0.117. The van der Waals surface area contributed by atoms with Crippen molar-refractivity contribution in [2.45, 2.75) is 33.2 Å². The third-order valence-corrected chi connectivity index (χ3v) is 3.80. The Labute approximate surface area is 121 Å². The van der Waals surface area contributed by atoms with E-state index in [1.165, 1.54) is 0 Å². The van der Waals surface area contributed by atoms with Crippen LogP contribution in [-0.4, -0.2) is 36.5 Å². The number of hydrogen-bond donors (Lipinski definition) is 2. The molecule has 1 aromatic rings. The van der Waals surface area contributed by atoms with E-state index in [-0.39, 0.29) is 11.9 Å². The number of aryl methyl sites for hydroxylation is 2. The number of nitrogens with zero attached hydrogens (tertiary/aromatic N) is 1. The number of piperidine rings is 1. The molecule has 1 saturated heterocycles. The molecule has 1 aliphatic rings. The second-order valence-corrected chi connectivity index (χ2v) is 6.16. The summed E-state index contributed by atoms with van der Waals surface area (Å²) in [5.74, 6) is 0.604. The molecule has 0 aromatic heterocycles. The van der Waals surface area contributed by atoms with Crippen molar-refractivity contribution in [3.63, 3.8) is 0 Å². The van der Waals surface area contributed by atoms with Gasteiger partial charge in [-0.15, -0.1) is 0 Å². The van der Waals surface area contributed by atoms with Crippen molar-refractivity contribution in [2.24, 2.45) is 11.7 Å². The van der Waals surface area contributed by atoms with Gasteiger partial charge in [0.2, 0.25) is 5.91 Å². The first-order chi connectivity index (χ1) is 9.44. The summed E-state index contributed by atoms with van der Waals surface area (Å²) < 4.78 is 0. The first-order valence-electron chi connectivity index (χ1n) is 7.29. The normalized spacial score (nSPS) is 23.6. The molecule has 0 radical (unpaired) electrons. The lowest BCUT2D eigenvalue weighted by atomic mass is 9.97. The van der Waals surface area contributed by atoms with Gasteiger partial charge in [0, 0.05) is 24.8 Å². The molecule has 4 nitrogen and oxygen atoms in total. The first-order valence-corrected chi connectivity index (χ1v) is 7.29. The molecule has 1 heterocycles. The minimum absolute atomic E-state index is 0.0417. The fourth-order valence-electron chi connectivity index (χ4n) is 2.91. The third kappa shape index (κ3) is 4.05. The Kier molecular flexibility index (Phi) is 4.78. The second kappa shape index (κ2) is 6.37. The van der Waals surface area contributed by atoms with E-state index >= 15 is 0 Å². The van der Waals surface area contributed by atoms with Crippen molar-refractivity contribution in [1.29, 1.82) is 0 Å². The van der Waals surface area contributed by atoms with Crippen molar-refractivity contribution in [1.82, 2.24) is 4.90 Å². The van der Waals surface area contributed by atoms with Crippen molar-refractivity contribution < 1.29 is 4.79 Å². The average molecular weight is 275 g/mol. The standard InChI is InChI=1S/C16H25N3O/c1-11-4-5-13(3)15(7-11)18-16(20)10-19-8-12(2)6-14(17)9-19/h4-5,7,12,14H,6,8-10,17H2,1-3H3,(H,18,20). The van der Waals surface area contributed by atoms with Crippen molar-refractivity contribution >= 4 is 11.6 Å². The fourth-order valence-corrected chi connectivity index (χ4v) is 2.91. The molecule has 20 heavy (non-hydrogen) atoms. The molecule has 2 unspecified atom stereocenters. The molecule has 0 bridgehead atoms. The van der Waals surface area contributed by atoms with Crippen LogP contribution in [0.2, 0.25) is 0 Å². The second-order valence-electron chi connectivity index (χ2n) is 6.16. The van der Waals surface area contributed by atoms with Crippen LogP contribution in [0.5, 0.6) is 0 Å². The number of benzene rings is 1. The Morgan fingerprint density at radius 2 is 2.15 bits per heavy atom. The van der Waals surface area contributed by atoms with Gasteiger partial charge < -0.3 is 11.1 Å². The highest BCUT2D eigenvalue weighted by atomic mass is 16.2. The number of rotatable bonds is 3. The number of carbonyl (C=O) groups is 1. The fraction of sp³-hybridized carbons (Fsp3) is 0.562. The molecule has 110 valence electrons. The first kappa shape index (κ1) is 15.0. The minimum atomic E-state index is 0.0417. The van der Waals surface area contributed by atoms with Gasteiger partial charge in [-0.25, -0.2) is 0 Å². The van der Waals surface area contributed by atoms with Crippen LogP contribution >= 0.6 is 0 Å². The van der Waals surface area contributed by atoms with Crippen LogP contribution in [0.15, 0.2) is 18.2 Å². The molecular formula is C16H25N3O. The van der Waals surface area contributed by atoms with Crippen molar-refractivity contribution in [2.75, 3.05) is 25.0 Å². The quantitative estimate of drug-likeness (QED) is 0.886. The molecule has 4 heteroatoms. The van der Waals surface area contributed by atoms with Crippen LogP contribution in [0, 0.1) is 19.8 Å². The van der Waals surface area contributed by atoms with E-state index in [0.717, 1.165) is 36.3 Å². The van der Waals surface area contributed by atoms with Crippen LogP contribution in [0.3, 0.4) is 0 Å². The smallest absolute Gasteiger partial charge is 0.238 e. The predicted octanol–water partition coefficient (Wildman–Crippen LogP) is 1.91. The van der Waals surface area contributed by atoms with Gasteiger partial charge >= 0.3 is 0 Å². The summed E-state index contributed by atoms with van der Waals surface area (Å²) in [7, 11) is 0. The number of nitrogens with one attached hydrogen (secondary N) is 1. The topological polar surface area (TPSA) is 58.4 Å². The monoisotopic (exact) mass is 275 g/mol. The largest absolute Gasteiger partial charge is 0.327 e. The zero-order valence-corrected chi connectivity index (χ0v) is 12.6. The predicted molar refractivity (Wildman–Crippen MR) is 82.7 cm³/mol. The van der Waals surface area contributed by atoms with Crippen LogP contribution in [-0.2, 0) is 4.79 Å². The molecule has 0 spiro atoms. The van der Waals surface area contributed by atoms with E-state index in [4.69, 9.17) is 5.73 Å². The van der Waals surface area contributed by atoms with Crippen LogP contribution < -0.4 is 11.1 Å². The van der Waals surface area contributed by atoms with Crippen LogP contribution in [0.1, 0.15) is 24.5 Å². The van der Waals surface area contributed by atoms with Gasteiger partial charge in [0.1, 0.15) is 0 Å². The van der Waals surface area contributed by atoms with Gasteiger partial charge in [0.15, 0.2) is 0 Å². The van der Waals surface area contributed by atoms with E-state index in [2.05, 4.69) is 23.2 Å². The molecule has 1 aliphatic heterocycles. The Bertz CT molecular complexity index is 477. The molecule has 3 N–H and O–H groups in total. The number of carbonyl (C=O) groups excluding carboxylic acids is 1. The number of amides is 1. The molecule has 2 rings (SSSR count). The van der Waals surface area contributed by atoms with Crippen LogP contribution in [0.25, 0.3) is 0 Å². The highest BCUT2D eigenvalue weighted by molar-refractivity contribution is 5.93. The molecule has 1 aromatic carbocycles. The average Bonchev–Trinajstić information content (AvgIpc) is 2.32. The lowest BCUT2D eigenvalue weighted by Crippen LogP contribution is -2.48. The molecule has 1 fully saturated rings. The summed E-state index contributed by atoms with van der Waals surface area (Å²) in [5.41, 5.74) is 9.16. The Hall–Kier alpha value is -1.39. The van der Waals surface area contributed by atoms with Gasteiger partial charge in [-0.2, -0.15) is 0 Å². The lowest BCUT2D eigenvalue weighted by Gasteiger charge is -2.34. The zero-order chi connectivity index (χ0) is 14.7. The Morgan fingerprint density at radius 3 is 2.85 bits per heavy atom. The summed E-state index contributed by atoms with van der Waals surface area (Å²) >= 11 is 0. The van der Waals surface area contributed by atoms with Crippen LogP contribution in [0.4, 0.5) is 5.69 Å². The summed E-state index contributed by atoms with van der Waals surface area (Å²) in [4.78, 5) is 14.3. The number of hydrogen-bond acceptors (Lipinski definition) is 3. The SMILES string of the molecule is Cc1ccc(C)c(NC(=O)CN2CC(C)CC(N)C2)c1. The van der Waals surface area contributed by atoms with Crippen molar-refractivity contribution in [3.05, 3.63) is 29.3 Å². The van der Waals surface area contributed by atoms with Gasteiger partial charge in [-0.1, -0.05) is 19.1 Å². The minimum Gasteiger partial charge on any atom is -0.327 e. The third-order valence-electron chi connectivity index (χ3n) is 3.80. The molecular weight excluding hydrogens is 250 g/mol. The van der Waals surface area contributed by atoms with Gasteiger partial charge in [-0.05, 0) is 43.4 Å². The molecule has 0 saturated carbocycles. The molecule has 0 aliphatic carbocycles. The number of anilines is 1. The molecule has 2 atom stereocenters. The summed E-state index contributed by atoms with van der Waals surface area (Å²) in [5, 5.41) is 3.01.